The van der Waals surface area contributed by atoms with E-state index < -0.39 is 16.0 Å². The Morgan fingerprint density at radius 1 is 1.44 bits per heavy atom. The minimum atomic E-state index is -3.93. The summed E-state index contributed by atoms with van der Waals surface area (Å²) in [5, 5.41) is 12.6. The molecule has 0 unspecified atom stereocenters. The maximum absolute atomic E-state index is 12.7. The monoisotopic (exact) mass is 382 g/mol. The van der Waals surface area contributed by atoms with E-state index in [1.165, 1.54) is 7.11 Å². The molecule has 0 spiro atoms. The average Bonchev–Trinajstić information content (AvgIpc) is 3.01. The van der Waals surface area contributed by atoms with Gasteiger partial charge in [-0.25, -0.2) is 17.9 Å². The first-order chi connectivity index (χ1) is 11.9. The van der Waals surface area contributed by atoms with Crippen molar-refractivity contribution in [3.05, 3.63) is 45.8 Å². The van der Waals surface area contributed by atoms with Crippen LogP contribution in [-0.4, -0.2) is 33.1 Å². The normalized spacial score (nSPS) is 14.1. The zero-order chi connectivity index (χ0) is 18.0. The first-order valence-electron chi connectivity index (χ1n) is 7.63. The molecule has 25 heavy (non-hydrogen) atoms. The van der Waals surface area contributed by atoms with E-state index in [4.69, 9.17) is 4.74 Å². The molecule has 1 aliphatic rings. The Morgan fingerprint density at radius 2 is 2.24 bits per heavy atom. The van der Waals surface area contributed by atoms with Crippen LogP contribution in [0, 0.1) is 0 Å². The van der Waals surface area contributed by atoms with Gasteiger partial charge in [0.15, 0.2) is 0 Å². The molecular weight excluding hydrogens is 364 g/mol. The van der Waals surface area contributed by atoms with E-state index in [9.17, 15) is 18.3 Å². The fourth-order valence-corrected chi connectivity index (χ4v) is 5.66. The molecule has 0 amide bonds. The third-order valence-electron chi connectivity index (χ3n) is 3.95. The van der Waals surface area contributed by atoms with E-state index in [1.807, 2.05) is 0 Å². The molecule has 1 aromatic heterocycles. The maximum atomic E-state index is 12.7. The quantitative estimate of drug-likeness (QED) is 0.701. The van der Waals surface area contributed by atoms with Crippen molar-refractivity contribution in [3.8, 4) is 5.75 Å². The van der Waals surface area contributed by atoms with E-state index in [0.29, 0.717) is 30.8 Å². The number of thiophene rings is 1. The molecule has 3 rings (SSSR count). The van der Waals surface area contributed by atoms with Crippen molar-refractivity contribution in [1.29, 1.82) is 0 Å². The van der Waals surface area contributed by atoms with Gasteiger partial charge in [0.1, 0.15) is 9.96 Å². The van der Waals surface area contributed by atoms with Gasteiger partial charge >= 0.3 is 5.97 Å². The molecule has 7 nitrogen and oxygen atoms in total. The second-order valence-electron chi connectivity index (χ2n) is 5.57. The molecule has 0 aliphatic carbocycles. The van der Waals surface area contributed by atoms with Gasteiger partial charge in [-0.1, -0.05) is 12.1 Å². The van der Waals surface area contributed by atoms with E-state index >= 15 is 0 Å². The first-order valence-corrected chi connectivity index (χ1v) is 9.93. The largest absolute Gasteiger partial charge is 0.497 e. The smallest absolute Gasteiger partial charge is 0.338 e. The van der Waals surface area contributed by atoms with E-state index in [0.717, 1.165) is 21.8 Å². The van der Waals surface area contributed by atoms with Crippen molar-refractivity contribution in [2.75, 3.05) is 13.7 Å². The molecule has 9 heteroatoms. The number of methoxy groups -OCH3 is 1. The third kappa shape index (κ3) is 3.69. The molecule has 0 saturated carbocycles. The zero-order valence-corrected chi connectivity index (χ0v) is 15.2. The van der Waals surface area contributed by atoms with Crippen LogP contribution in [0.25, 0.3) is 0 Å². The molecule has 0 fully saturated rings. The van der Waals surface area contributed by atoms with Crippen LogP contribution in [-0.2, 0) is 29.5 Å². The summed E-state index contributed by atoms with van der Waals surface area (Å²) in [6.45, 7) is 1.19. The Kier molecular flexibility index (Phi) is 5.09. The van der Waals surface area contributed by atoms with Gasteiger partial charge in [0.05, 0.1) is 12.7 Å². The van der Waals surface area contributed by atoms with Crippen molar-refractivity contribution < 1.29 is 23.1 Å². The average molecular weight is 382 g/mol. The van der Waals surface area contributed by atoms with Crippen molar-refractivity contribution >= 4 is 27.3 Å². The molecule has 134 valence electrons. The molecule has 0 radical (unpaired) electrons. The Hall–Kier alpha value is -1.94. The Labute approximate surface area is 149 Å². The molecule has 3 N–H and O–H groups in total. The Morgan fingerprint density at radius 3 is 2.96 bits per heavy atom. The second kappa shape index (κ2) is 7.12. The summed E-state index contributed by atoms with van der Waals surface area (Å²) in [6.07, 6.45) is 0.513. The minimum Gasteiger partial charge on any atom is -0.497 e. The maximum Gasteiger partial charge on any atom is 0.338 e. The Balaban J connectivity index is 1.89. The number of carboxylic acid groups (broad SMARTS) is 1. The van der Waals surface area contributed by atoms with Gasteiger partial charge in [-0.15, -0.1) is 11.3 Å². The number of carboxylic acids is 1. The lowest BCUT2D eigenvalue weighted by Crippen LogP contribution is -2.25. The SMILES string of the molecule is COc1cccc(CNS(=O)(=O)c2sc3c(c2C(=O)O)CCNC3)c1. The lowest BCUT2D eigenvalue weighted by Gasteiger charge is -2.12. The van der Waals surface area contributed by atoms with Crippen LogP contribution >= 0.6 is 11.3 Å². The fraction of sp³-hybridized carbons (Fsp3) is 0.312. The molecule has 0 atom stereocenters. The number of aromatic carboxylic acids is 1. The molecule has 0 bridgehead atoms. The highest BCUT2D eigenvalue weighted by molar-refractivity contribution is 7.91. The van der Waals surface area contributed by atoms with Crippen LogP contribution < -0.4 is 14.8 Å². The number of rotatable bonds is 6. The van der Waals surface area contributed by atoms with Crippen molar-refractivity contribution in [3.63, 3.8) is 0 Å². The van der Waals surface area contributed by atoms with Gasteiger partial charge in [-0.2, -0.15) is 0 Å². The highest BCUT2D eigenvalue weighted by atomic mass is 32.2. The molecule has 1 aliphatic heterocycles. The predicted octanol–water partition coefficient (Wildman–Crippen LogP) is 1.58. The lowest BCUT2D eigenvalue weighted by atomic mass is 10.1. The van der Waals surface area contributed by atoms with Crippen molar-refractivity contribution in [2.45, 2.75) is 23.7 Å². The van der Waals surface area contributed by atoms with E-state index in [-0.39, 0.29) is 16.3 Å². The highest BCUT2D eigenvalue weighted by Gasteiger charge is 2.31. The standard InChI is InChI=1S/C16H18N2O5S2/c1-23-11-4-2-3-10(7-11)8-18-25(21,22)16-14(15(19)20)12-5-6-17-9-13(12)24-16/h2-4,7,17-18H,5-6,8-9H2,1H3,(H,19,20). The highest BCUT2D eigenvalue weighted by Crippen LogP contribution is 2.34. The minimum absolute atomic E-state index is 0.0550. The van der Waals surface area contributed by atoms with Gasteiger partial charge in [-0.3, -0.25) is 0 Å². The first kappa shape index (κ1) is 17.9. The van der Waals surface area contributed by atoms with Crippen molar-refractivity contribution in [1.82, 2.24) is 10.0 Å². The molecule has 2 aromatic rings. The topological polar surface area (TPSA) is 105 Å². The lowest BCUT2D eigenvalue weighted by molar-refractivity contribution is 0.0692. The number of ether oxygens (including phenoxy) is 1. The number of fused-ring (bicyclic) bond motifs is 1. The molecular formula is C16H18N2O5S2. The number of hydrogen-bond donors (Lipinski definition) is 3. The summed E-state index contributed by atoms with van der Waals surface area (Å²) in [5.41, 5.74) is 1.25. The summed E-state index contributed by atoms with van der Waals surface area (Å²) in [4.78, 5) is 12.4. The fourth-order valence-electron chi connectivity index (χ4n) is 2.74. The zero-order valence-electron chi connectivity index (χ0n) is 13.5. The van der Waals surface area contributed by atoms with Crippen LogP contribution in [0.3, 0.4) is 0 Å². The van der Waals surface area contributed by atoms with Gasteiger partial charge in [0, 0.05) is 18.0 Å². The van der Waals surface area contributed by atoms with Crippen molar-refractivity contribution in [2.24, 2.45) is 0 Å². The summed E-state index contributed by atoms with van der Waals surface area (Å²) >= 11 is 1.02. The number of benzene rings is 1. The number of nitrogens with one attached hydrogen (secondary N) is 2. The summed E-state index contributed by atoms with van der Waals surface area (Å²) in [7, 11) is -2.39. The summed E-state index contributed by atoms with van der Waals surface area (Å²) in [5.74, 6) is -0.582. The van der Waals surface area contributed by atoms with Gasteiger partial charge < -0.3 is 15.2 Å². The summed E-state index contributed by atoms with van der Waals surface area (Å²) < 4.78 is 32.9. The van der Waals surface area contributed by atoms with Crippen LogP contribution in [0.15, 0.2) is 28.5 Å². The number of hydrogen-bond acceptors (Lipinski definition) is 6. The molecule has 2 heterocycles. The van der Waals surface area contributed by atoms with Crippen LogP contribution in [0.1, 0.15) is 26.4 Å². The van der Waals surface area contributed by atoms with Gasteiger partial charge in [-0.05, 0) is 36.2 Å². The van der Waals surface area contributed by atoms with E-state index in [1.54, 1.807) is 24.3 Å². The second-order valence-corrected chi connectivity index (χ2v) is 8.64. The van der Waals surface area contributed by atoms with E-state index in [2.05, 4.69) is 10.0 Å². The van der Waals surface area contributed by atoms with Crippen LogP contribution in [0.5, 0.6) is 5.75 Å². The van der Waals surface area contributed by atoms with Crippen LogP contribution in [0.4, 0.5) is 0 Å². The summed E-state index contributed by atoms with van der Waals surface area (Å²) in [6, 6.07) is 7.03. The van der Waals surface area contributed by atoms with Gasteiger partial charge in [0.2, 0.25) is 0 Å². The third-order valence-corrected chi connectivity index (χ3v) is 7.11. The van der Waals surface area contributed by atoms with Gasteiger partial charge in [0.25, 0.3) is 10.0 Å². The molecule has 0 saturated heterocycles. The number of carbonyl (C=O) groups is 1. The Bertz CT molecular complexity index is 905. The van der Waals surface area contributed by atoms with Crippen LogP contribution in [0.2, 0.25) is 0 Å². The molecule has 1 aromatic carbocycles. The predicted molar refractivity (Wildman–Crippen MR) is 93.7 cm³/mol. The number of sulfonamides is 1.